The van der Waals surface area contributed by atoms with Gasteiger partial charge in [0.15, 0.2) is 5.75 Å². The van der Waals surface area contributed by atoms with Gasteiger partial charge in [0.1, 0.15) is 0 Å². The van der Waals surface area contributed by atoms with E-state index in [1.807, 2.05) is 0 Å². The standard InChI is InChI=1S/C12H17NO3Si/c1-9(17(3,4)5)10-7-6-8-11(16-2)12(10)13(14)15/h6-8H,1H2,2-5H3. The molecule has 0 saturated heterocycles. The summed E-state index contributed by atoms with van der Waals surface area (Å²) in [5.41, 5.74) is 0.607. The highest BCUT2D eigenvalue weighted by molar-refractivity contribution is 6.93. The Morgan fingerprint density at radius 2 is 2.00 bits per heavy atom. The van der Waals surface area contributed by atoms with Gasteiger partial charge in [-0.25, -0.2) is 0 Å². The highest BCUT2D eigenvalue weighted by atomic mass is 28.3. The molecular weight excluding hydrogens is 234 g/mol. The number of hydrogen-bond donors (Lipinski definition) is 0. The van der Waals surface area contributed by atoms with Crippen molar-refractivity contribution < 1.29 is 9.66 Å². The molecule has 1 rings (SSSR count). The minimum Gasteiger partial charge on any atom is -0.490 e. The van der Waals surface area contributed by atoms with Gasteiger partial charge in [-0.1, -0.05) is 37.5 Å². The molecule has 0 aliphatic heterocycles. The maximum Gasteiger partial charge on any atom is 0.317 e. The van der Waals surface area contributed by atoms with Crippen LogP contribution in [0.5, 0.6) is 5.75 Å². The largest absolute Gasteiger partial charge is 0.490 e. The SMILES string of the molecule is C=C(c1cccc(OC)c1[N+](=O)[O-])[Si](C)(C)C. The molecule has 0 amide bonds. The number of nitrogens with zero attached hydrogens (tertiary/aromatic N) is 1. The van der Waals surface area contributed by atoms with Crippen molar-refractivity contribution in [3.63, 3.8) is 0 Å². The molecule has 0 unspecified atom stereocenters. The first-order valence-electron chi connectivity index (χ1n) is 5.30. The Morgan fingerprint density at radius 1 is 1.41 bits per heavy atom. The lowest BCUT2D eigenvalue weighted by Crippen LogP contribution is -2.22. The third-order valence-electron chi connectivity index (χ3n) is 2.63. The third kappa shape index (κ3) is 2.74. The van der Waals surface area contributed by atoms with Crippen molar-refractivity contribution >= 4 is 19.0 Å². The number of nitro benzene ring substituents is 1. The average Bonchev–Trinajstić information content (AvgIpc) is 2.25. The molecule has 92 valence electrons. The zero-order chi connectivity index (χ0) is 13.2. The molecule has 0 fully saturated rings. The summed E-state index contributed by atoms with van der Waals surface area (Å²) in [5, 5.41) is 12.0. The number of rotatable bonds is 4. The van der Waals surface area contributed by atoms with E-state index in [1.54, 1.807) is 18.2 Å². The van der Waals surface area contributed by atoms with E-state index in [0.29, 0.717) is 5.56 Å². The zero-order valence-electron chi connectivity index (χ0n) is 10.6. The van der Waals surface area contributed by atoms with Gasteiger partial charge in [-0.05, 0) is 12.1 Å². The molecule has 0 radical (unpaired) electrons. The molecule has 1 aromatic carbocycles. The maximum atomic E-state index is 11.1. The van der Waals surface area contributed by atoms with Gasteiger partial charge in [-0.2, -0.15) is 0 Å². The fourth-order valence-corrected chi connectivity index (χ4v) is 2.53. The predicted molar refractivity (Wildman–Crippen MR) is 72.0 cm³/mol. The molecule has 0 aliphatic carbocycles. The van der Waals surface area contributed by atoms with Crippen LogP contribution in [0, 0.1) is 10.1 Å². The molecule has 0 atom stereocenters. The maximum absolute atomic E-state index is 11.1. The molecule has 0 bridgehead atoms. The van der Waals surface area contributed by atoms with Gasteiger partial charge >= 0.3 is 5.69 Å². The molecule has 0 aliphatic rings. The number of nitro groups is 1. The zero-order valence-corrected chi connectivity index (χ0v) is 11.6. The summed E-state index contributed by atoms with van der Waals surface area (Å²) in [7, 11) is -0.235. The molecule has 0 saturated carbocycles. The normalized spacial score (nSPS) is 11.1. The van der Waals surface area contributed by atoms with Crippen molar-refractivity contribution in [2.45, 2.75) is 19.6 Å². The van der Waals surface area contributed by atoms with Gasteiger partial charge in [0.2, 0.25) is 0 Å². The topological polar surface area (TPSA) is 52.4 Å². The fraction of sp³-hybridized carbons (Fsp3) is 0.333. The lowest BCUT2D eigenvalue weighted by molar-refractivity contribution is -0.386. The van der Waals surface area contributed by atoms with Crippen LogP contribution in [0.25, 0.3) is 5.20 Å². The first kappa shape index (κ1) is 13.4. The summed E-state index contributed by atoms with van der Waals surface area (Å²) < 4.78 is 5.04. The second-order valence-electron chi connectivity index (χ2n) is 4.84. The Balaban J connectivity index is 3.44. The number of benzene rings is 1. The summed E-state index contributed by atoms with van der Waals surface area (Å²) in [6.45, 7) is 10.3. The minimum absolute atomic E-state index is 0.0161. The summed E-state index contributed by atoms with van der Waals surface area (Å²) >= 11 is 0. The average molecular weight is 251 g/mol. The highest BCUT2D eigenvalue weighted by Gasteiger charge is 2.28. The number of hydrogen-bond acceptors (Lipinski definition) is 3. The molecular formula is C12H17NO3Si. The molecule has 0 heterocycles. The van der Waals surface area contributed by atoms with Gasteiger partial charge in [-0.15, -0.1) is 0 Å². The van der Waals surface area contributed by atoms with E-state index in [-0.39, 0.29) is 11.4 Å². The van der Waals surface area contributed by atoms with E-state index in [9.17, 15) is 10.1 Å². The Labute approximate surface area is 102 Å². The lowest BCUT2D eigenvalue weighted by atomic mass is 10.1. The van der Waals surface area contributed by atoms with Gasteiger partial charge in [0.05, 0.1) is 25.7 Å². The van der Waals surface area contributed by atoms with E-state index < -0.39 is 13.0 Å². The third-order valence-corrected chi connectivity index (χ3v) is 4.71. The van der Waals surface area contributed by atoms with Gasteiger partial charge in [0, 0.05) is 0 Å². The van der Waals surface area contributed by atoms with Crippen LogP contribution in [-0.2, 0) is 0 Å². The van der Waals surface area contributed by atoms with Gasteiger partial charge < -0.3 is 4.74 Å². The molecule has 0 aromatic heterocycles. The predicted octanol–water partition coefficient (Wildman–Crippen LogP) is 3.49. The van der Waals surface area contributed by atoms with Crippen LogP contribution in [0.15, 0.2) is 24.8 Å². The Bertz CT molecular complexity index is 463. The van der Waals surface area contributed by atoms with Crippen LogP contribution in [0.2, 0.25) is 19.6 Å². The van der Waals surface area contributed by atoms with Crippen LogP contribution in [0.1, 0.15) is 5.56 Å². The van der Waals surface area contributed by atoms with E-state index in [1.165, 1.54) is 7.11 Å². The van der Waals surface area contributed by atoms with Crippen LogP contribution in [-0.4, -0.2) is 20.1 Å². The molecule has 1 aromatic rings. The van der Waals surface area contributed by atoms with Crippen LogP contribution in [0.4, 0.5) is 5.69 Å². The minimum atomic E-state index is -1.67. The molecule has 5 heteroatoms. The molecule has 4 nitrogen and oxygen atoms in total. The van der Waals surface area contributed by atoms with Crippen molar-refractivity contribution in [1.82, 2.24) is 0 Å². The number of ether oxygens (including phenoxy) is 1. The summed E-state index contributed by atoms with van der Waals surface area (Å²) in [5.74, 6) is 0.284. The Hall–Kier alpha value is -1.62. The fourth-order valence-electron chi connectivity index (χ4n) is 1.52. The van der Waals surface area contributed by atoms with Gasteiger partial charge in [-0.3, -0.25) is 10.1 Å². The Kier molecular flexibility index (Phi) is 3.72. The Morgan fingerprint density at radius 3 is 2.41 bits per heavy atom. The molecule has 17 heavy (non-hydrogen) atoms. The van der Waals surface area contributed by atoms with Crippen molar-refractivity contribution in [1.29, 1.82) is 0 Å². The first-order valence-corrected chi connectivity index (χ1v) is 8.80. The van der Waals surface area contributed by atoms with Crippen LogP contribution < -0.4 is 4.74 Å². The van der Waals surface area contributed by atoms with E-state index in [4.69, 9.17) is 4.74 Å². The highest BCUT2D eigenvalue weighted by Crippen LogP contribution is 2.37. The van der Waals surface area contributed by atoms with E-state index >= 15 is 0 Å². The van der Waals surface area contributed by atoms with Crippen molar-refractivity contribution in [2.24, 2.45) is 0 Å². The summed E-state index contributed by atoms with van der Waals surface area (Å²) in [6.07, 6.45) is 0. The lowest BCUT2D eigenvalue weighted by Gasteiger charge is -2.20. The van der Waals surface area contributed by atoms with Crippen molar-refractivity contribution in [3.8, 4) is 5.75 Å². The molecule has 0 spiro atoms. The second kappa shape index (κ2) is 4.71. The van der Waals surface area contributed by atoms with Crippen molar-refractivity contribution in [2.75, 3.05) is 7.11 Å². The van der Waals surface area contributed by atoms with Crippen molar-refractivity contribution in [3.05, 3.63) is 40.5 Å². The van der Waals surface area contributed by atoms with Crippen LogP contribution >= 0.6 is 0 Å². The van der Waals surface area contributed by atoms with Crippen LogP contribution in [0.3, 0.4) is 0 Å². The van der Waals surface area contributed by atoms with E-state index in [0.717, 1.165) is 5.20 Å². The number of methoxy groups -OCH3 is 1. The number of para-hydroxylation sites is 1. The quantitative estimate of drug-likeness (QED) is 0.467. The van der Waals surface area contributed by atoms with Gasteiger partial charge in [0.25, 0.3) is 0 Å². The summed E-state index contributed by atoms with van der Waals surface area (Å²) in [6, 6.07) is 5.09. The summed E-state index contributed by atoms with van der Waals surface area (Å²) in [4.78, 5) is 10.7. The monoisotopic (exact) mass is 251 g/mol. The first-order chi connectivity index (χ1) is 7.79. The second-order valence-corrected chi connectivity index (χ2v) is 9.95. The smallest absolute Gasteiger partial charge is 0.317 e. The molecule has 0 N–H and O–H groups in total. The van der Waals surface area contributed by atoms with E-state index in [2.05, 4.69) is 26.2 Å².